The normalized spacial score (nSPS) is 20.8. The van der Waals surface area contributed by atoms with Gasteiger partial charge in [-0.2, -0.15) is 11.8 Å². The van der Waals surface area contributed by atoms with E-state index in [1.165, 1.54) is 44.0 Å². The molecule has 1 heterocycles. The van der Waals surface area contributed by atoms with Crippen LogP contribution in [0.2, 0.25) is 0 Å². The second-order valence-electron chi connectivity index (χ2n) is 4.75. The number of nitrogens with zero attached hydrogens (tertiary/aromatic N) is 1. The average molecular weight is 230 g/mol. The summed E-state index contributed by atoms with van der Waals surface area (Å²) >= 11 is 2.09. The maximum absolute atomic E-state index is 3.48. The van der Waals surface area contributed by atoms with E-state index in [1.807, 2.05) is 0 Å². The van der Waals surface area contributed by atoms with Crippen molar-refractivity contribution in [2.24, 2.45) is 0 Å². The second kappa shape index (κ2) is 7.53. The fourth-order valence-corrected chi connectivity index (χ4v) is 2.92. The quantitative estimate of drug-likeness (QED) is 0.704. The third kappa shape index (κ3) is 5.79. The maximum Gasteiger partial charge on any atom is 0.00755 e. The molecule has 90 valence electrons. The number of rotatable bonds is 6. The van der Waals surface area contributed by atoms with Gasteiger partial charge in [0.15, 0.2) is 0 Å². The van der Waals surface area contributed by atoms with Crippen molar-refractivity contribution in [1.82, 2.24) is 10.2 Å². The van der Waals surface area contributed by atoms with Crippen LogP contribution in [0.5, 0.6) is 0 Å². The van der Waals surface area contributed by atoms with Crippen molar-refractivity contribution in [2.45, 2.75) is 45.7 Å². The molecule has 1 aliphatic heterocycles. The van der Waals surface area contributed by atoms with E-state index in [2.05, 4.69) is 42.7 Å². The zero-order valence-electron chi connectivity index (χ0n) is 10.5. The smallest absolute Gasteiger partial charge is 0.00755 e. The molecule has 15 heavy (non-hydrogen) atoms. The van der Waals surface area contributed by atoms with Gasteiger partial charge in [-0.15, -0.1) is 0 Å². The Bertz CT molecular complexity index is 156. The van der Waals surface area contributed by atoms with Gasteiger partial charge in [-0.3, -0.25) is 4.90 Å². The topological polar surface area (TPSA) is 15.3 Å². The predicted molar refractivity (Wildman–Crippen MR) is 70.7 cm³/mol. The molecule has 3 heteroatoms. The highest BCUT2D eigenvalue weighted by molar-refractivity contribution is 7.99. The molecule has 2 nitrogen and oxygen atoms in total. The summed E-state index contributed by atoms with van der Waals surface area (Å²) in [5.41, 5.74) is 0. The number of thioether (sulfide) groups is 1. The molecule has 1 atom stereocenters. The summed E-state index contributed by atoms with van der Waals surface area (Å²) in [6.07, 6.45) is 2.65. The number of nitrogens with one attached hydrogen (secondary N) is 1. The third-order valence-electron chi connectivity index (χ3n) is 3.02. The molecular weight excluding hydrogens is 204 g/mol. The summed E-state index contributed by atoms with van der Waals surface area (Å²) in [5, 5.41) is 3.48. The van der Waals surface area contributed by atoms with Gasteiger partial charge in [0.1, 0.15) is 0 Å². The van der Waals surface area contributed by atoms with Crippen LogP contribution in [0.1, 0.15) is 33.6 Å². The molecule has 0 saturated carbocycles. The van der Waals surface area contributed by atoms with Crippen molar-refractivity contribution >= 4 is 11.8 Å². The van der Waals surface area contributed by atoms with Gasteiger partial charge in [0.05, 0.1) is 0 Å². The van der Waals surface area contributed by atoms with E-state index >= 15 is 0 Å². The second-order valence-corrected chi connectivity index (χ2v) is 5.97. The molecule has 0 aromatic rings. The summed E-state index contributed by atoms with van der Waals surface area (Å²) < 4.78 is 0. The first-order valence-electron chi connectivity index (χ1n) is 6.25. The van der Waals surface area contributed by atoms with Crippen molar-refractivity contribution in [2.75, 3.05) is 31.1 Å². The van der Waals surface area contributed by atoms with E-state index in [4.69, 9.17) is 0 Å². The lowest BCUT2D eigenvalue weighted by atomic mass is 10.1. The predicted octanol–water partition coefficient (Wildman–Crippen LogP) is 2.20. The Morgan fingerprint density at radius 3 is 2.47 bits per heavy atom. The summed E-state index contributed by atoms with van der Waals surface area (Å²) in [6, 6.07) is 1.41. The van der Waals surface area contributed by atoms with Gasteiger partial charge >= 0.3 is 0 Å². The molecule has 1 N–H and O–H groups in total. The van der Waals surface area contributed by atoms with Crippen LogP contribution < -0.4 is 5.32 Å². The van der Waals surface area contributed by atoms with Gasteiger partial charge < -0.3 is 5.32 Å². The lowest BCUT2D eigenvalue weighted by Crippen LogP contribution is -2.39. The Labute approximate surface area is 99.2 Å². The molecule has 1 unspecified atom stereocenters. The molecule has 0 bridgehead atoms. The van der Waals surface area contributed by atoms with Gasteiger partial charge in [0.25, 0.3) is 0 Å². The first-order valence-corrected chi connectivity index (χ1v) is 7.41. The minimum absolute atomic E-state index is 0.631. The standard InChI is InChI=1S/C12H26N2S/c1-11(2)13-6-4-5-12(3)14-7-9-15-10-8-14/h11-13H,4-10H2,1-3H3. The SMILES string of the molecule is CC(C)NCCCC(C)N1CCSCC1. The van der Waals surface area contributed by atoms with Crippen LogP contribution in [-0.2, 0) is 0 Å². The molecule has 1 saturated heterocycles. The van der Waals surface area contributed by atoms with Crippen LogP contribution in [0, 0.1) is 0 Å². The Balaban J connectivity index is 2.04. The maximum atomic E-state index is 3.48. The molecule has 1 rings (SSSR count). The van der Waals surface area contributed by atoms with Crippen LogP contribution >= 0.6 is 11.8 Å². The van der Waals surface area contributed by atoms with Crippen molar-refractivity contribution < 1.29 is 0 Å². The van der Waals surface area contributed by atoms with E-state index in [0.29, 0.717) is 6.04 Å². The van der Waals surface area contributed by atoms with Gasteiger partial charge in [0.2, 0.25) is 0 Å². The zero-order chi connectivity index (χ0) is 11.1. The van der Waals surface area contributed by atoms with Crippen LogP contribution in [0.3, 0.4) is 0 Å². The summed E-state index contributed by atoms with van der Waals surface area (Å²) in [7, 11) is 0. The van der Waals surface area contributed by atoms with Gasteiger partial charge in [-0.05, 0) is 26.3 Å². The molecular formula is C12H26N2S. The molecule has 0 aromatic heterocycles. The highest BCUT2D eigenvalue weighted by Gasteiger charge is 2.15. The van der Waals surface area contributed by atoms with E-state index in [0.717, 1.165) is 6.04 Å². The van der Waals surface area contributed by atoms with Crippen LogP contribution in [0.15, 0.2) is 0 Å². The first kappa shape index (κ1) is 13.3. The van der Waals surface area contributed by atoms with Crippen LogP contribution in [0.4, 0.5) is 0 Å². The average Bonchev–Trinajstić information content (AvgIpc) is 2.25. The summed E-state index contributed by atoms with van der Waals surface area (Å²) in [5.74, 6) is 2.66. The minimum atomic E-state index is 0.631. The Morgan fingerprint density at radius 2 is 1.87 bits per heavy atom. The van der Waals surface area contributed by atoms with Crippen molar-refractivity contribution in [3.05, 3.63) is 0 Å². The highest BCUT2D eigenvalue weighted by Crippen LogP contribution is 2.14. The summed E-state index contributed by atoms with van der Waals surface area (Å²) in [6.45, 7) is 10.6. The molecule has 1 aliphatic rings. The zero-order valence-corrected chi connectivity index (χ0v) is 11.3. The van der Waals surface area contributed by atoms with Crippen LogP contribution in [0.25, 0.3) is 0 Å². The third-order valence-corrected chi connectivity index (χ3v) is 3.96. The lowest BCUT2D eigenvalue weighted by Gasteiger charge is -2.32. The molecule has 0 aromatic carbocycles. The fraction of sp³-hybridized carbons (Fsp3) is 1.00. The molecule has 1 fully saturated rings. The fourth-order valence-electron chi connectivity index (χ4n) is 1.99. The number of hydrogen-bond donors (Lipinski definition) is 1. The van der Waals surface area contributed by atoms with Gasteiger partial charge in [-0.1, -0.05) is 13.8 Å². The van der Waals surface area contributed by atoms with E-state index in [-0.39, 0.29) is 0 Å². The van der Waals surface area contributed by atoms with Crippen molar-refractivity contribution in [3.8, 4) is 0 Å². The van der Waals surface area contributed by atoms with E-state index < -0.39 is 0 Å². The van der Waals surface area contributed by atoms with E-state index in [9.17, 15) is 0 Å². The minimum Gasteiger partial charge on any atom is -0.315 e. The lowest BCUT2D eigenvalue weighted by molar-refractivity contribution is 0.217. The highest BCUT2D eigenvalue weighted by atomic mass is 32.2. The Hall–Kier alpha value is 0.270. The van der Waals surface area contributed by atoms with Crippen LogP contribution in [-0.4, -0.2) is 48.1 Å². The first-order chi connectivity index (χ1) is 7.20. The molecule has 0 aliphatic carbocycles. The molecule has 0 radical (unpaired) electrons. The monoisotopic (exact) mass is 230 g/mol. The molecule has 0 spiro atoms. The molecule has 0 amide bonds. The van der Waals surface area contributed by atoms with Crippen molar-refractivity contribution in [1.29, 1.82) is 0 Å². The van der Waals surface area contributed by atoms with Crippen molar-refractivity contribution in [3.63, 3.8) is 0 Å². The largest absolute Gasteiger partial charge is 0.315 e. The van der Waals surface area contributed by atoms with E-state index in [1.54, 1.807) is 0 Å². The Morgan fingerprint density at radius 1 is 1.20 bits per heavy atom. The van der Waals surface area contributed by atoms with Gasteiger partial charge in [0, 0.05) is 36.7 Å². The summed E-state index contributed by atoms with van der Waals surface area (Å²) in [4.78, 5) is 2.64. The Kier molecular flexibility index (Phi) is 6.69. The number of hydrogen-bond acceptors (Lipinski definition) is 3. The van der Waals surface area contributed by atoms with Gasteiger partial charge in [-0.25, -0.2) is 0 Å².